The first-order chi connectivity index (χ1) is 9.69. The van der Waals surface area contributed by atoms with Gasteiger partial charge in [0.2, 0.25) is 0 Å². The van der Waals surface area contributed by atoms with Crippen molar-refractivity contribution in [2.75, 3.05) is 26.3 Å². The van der Waals surface area contributed by atoms with Crippen molar-refractivity contribution in [3.8, 4) is 5.75 Å². The molecular weight excluding hydrogens is 250 g/mol. The van der Waals surface area contributed by atoms with E-state index in [2.05, 4.69) is 36.9 Å². The first-order valence-electron chi connectivity index (χ1n) is 7.75. The van der Waals surface area contributed by atoms with Crippen LogP contribution in [0.2, 0.25) is 0 Å². The third-order valence-electron chi connectivity index (χ3n) is 4.04. The Bertz CT molecular complexity index is 399. The molecule has 1 saturated heterocycles. The van der Waals surface area contributed by atoms with E-state index in [4.69, 9.17) is 9.84 Å². The van der Waals surface area contributed by atoms with Crippen LogP contribution in [-0.4, -0.2) is 42.4 Å². The van der Waals surface area contributed by atoms with Gasteiger partial charge in [0.15, 0.2) is 0 Å². The van der Waals surface area contributed by atoms with Crippen molar-refractivity contribution in [3.63, 3.8) is 0 Å². The van der Waals surface area contributed by atoms with Crippen LogP contribution in [0.25, 0.3) is 0 Å². The zero-order valence-electron chi connectivity index (χ0n) is 12.8. The number of aryl methyl sites for hydroxylation is 2. The second-order valence-electron chi connectivity index (χ2n) is 5.87. The lowest BCUT2D eigenvalue weighted by Gasteiger charge is -2.24. The molecule has 0 aliphatic carbocycles. The van der Waals surface area contributed by atoms with Crippen LogP contribution in [0.4, 0.5) is 0 Å². The maximum absolute atomic E-state index is 8.95. The second kappa shape index (κ2) is 7.65. The molecule has 0 aromatic heterocycles. The average Bonchev–Trinajstić information content (AvgIpc) is 2.83. The molecule has 3 heteroatoms. The lowest BCUT2D eigenvalue weighted by molar-refractivity contribution is 0.180. The van der Waals surface area contributed by atoms with E-state index in [-0.39, 0.29) is 0 Å². The second-order valence-corrected chi connectivity index (χ2v) is 5.87. The molecule has 112 valence electrons. The molecule has 1 heterocycles. The Morgan fingerprint density at radius 2 is 2.00 bits per heavy atom. The number of rotatable bonds is 7. The highest BCUT2D eigenvalue weighted by Crippen LogP contribution is 2.21. The Hall–Kier alpha value is -1.06. The zero-order chi connectivity index (χ0) is 14.4. The van der Waals surface area contributed by atoms with Crippen LogP contribution in [-0.2, 0) is 0 Å². The molecule has 0 saturated carbocycles. The van der Waals surface area contributed by atoms with Crippen LogP contribution in [0.3, 0.4) is 0 Å². The van der Waals surface area contributed by atoms with Crippen LogP contribution in [0.1, 0.15) is 36.8 Å². The summed E-state index contributed by atoms with van der Waals surface area (Å²) in [6, 6.07) is 7.00. The van der Waals surface area contributed by atoms with Crippen molar-refractivity contribution in [1.29, 1.82) is 0 Å². The molecule has 0 spiro atoms. The third-order valence-corrected chi connectivity index (χ3v) is 4.04. The van der Waals surface area contributed by atoms with Crippen molar-refractivity contribution in [1.82, 2.24) is 4.90 Å². The molecule has 1 fully saturated rings. The van der Waals surface area contributed by atoms with Gasteiger partial charge in [-0.2, -0.15) is 0 Å². The molecule has 1 N–H and O–H groups in total. The van der Waals surface area contributed by atoms with Crippen LogP contribution in [0.5, 0.6) is 5.75 Å². The molecule has 2 rings (SSSR count). The molecule has 0 radical (unpaired) electrons. The molecule has 0 bridgehead atoms. The Morgan fingerprint density at radius 3 is 2.70 bits per heavy atom. The summed E-state index contributed by atoms with van der Waals surface area (Å²) in [5.41, 5.74) is 2.50. The normalized spacial score (nSPS) is 19.4. The van der Waals surface area contributed by atoms with E-state index < -0.39 is 0 Å². The van der Waals surface area contributed by atoms with Gasteiger partial charge < -0.3 is 9.84 Å². The summed E-state index contributed by atoms with van der Waals surface area (Å²) < 4.78 is 5.89. The quantitative estimate of drug-likeness (QED) is 0.832. The summed E-state index contributed by atoms with van der Waals surface area (Å²) in [6.07, 6.45) is 4.57. The monoisotopic (exact) mass is 277 g/mol. The van der Waals surface area contributed by atoms with Gasteiger partial charge in [-0.15, -0.1) is 0 Å². The fourth-order valence-electron chi connectivity index (χ4n) is 3.14. The lowest BCUT2D eigenvalue weighted by atomic mass is 10.1. The highest BCUT2D eigenvalue weighted by molar-refractivity contribution is 5.32. The number of ether oxygens (including phenoxy) is 1. The Morgan fingerprint density at radius 1 is 1.25 bits per heavy atom. The van der Waals surface area contributed by atoms with Crippen molar-refractivity contribution in [3.05, 3.63) is 29.3 Å². The smallest absolute Gasteiger partial charge is 0.119 e. The van der Waals surface area contributed by atoms with Gasteiger partial charge >= 0.3 is 0 Å². The minimum absolute atomic E-state index is 0.309. The number of aliphatic hydroxyl groups excluding tert-OH is 1. The first kappa shape index (κ1) is 15.3. The van der Waals surface area contributed by atoms with Gasteiger partial charge in [-0.25, -0.2) is 0 Å². The van der Waals surface area contributed by atoms with Crippen molar-refractivity contribution >= 4 is 0 Å². The number of likely N-dealkylation sites (tertiary alicyclic amines) is 1. The number of nitrogens with zero attached hydrogens (tertiary/aromatic N) is 1. The number of aliphatic hydroxyl groups is 1. The van der Waals surface area contributed by atoms with Crippen LogP contribution < -0.4 is 4.74 Å². The number of benzene rings is 1. The fraction of sp³-hybridized carbons (Fsp3) is 0.647. The maximum atomic E-state index is 8.95. The number of hydrogen-bond donors (Lipinski definition) is 1. The van der Waals surface area contributed by atoms with Gasteiger partial charge in [0.25, 0.3) is 0 Å². The van der Waals surface area contributed by atoms with Gasteiger partial charge in [0.1, 0.15) is 12.4 Å². The summed E-state index contributed by atoms with van der Waals surface area (Å²) in [7, 11) is 0. The molecule has 20 heavy (non-hydrogen) atoms. The molecule has 1 aromatic carbocycles. The molecule has 1 aliphatic heterocycles. The standard InChI is InChI=1S/C17H27NO2/c1-14-11-15(2)13-17(12-14)20-10-8-18-7-3-5-16(18)6-4-9-19/h11-13,16,19H,3-10H2,1-2H3. The van der Waals surface area contributed by atoms with E-state index >= 15 is 0 Å². The molecule has 1 unspecified atom stereocenters. The third kappa shape index (κ3) is 4.50. The molecule has 1 aromatic rings. The minimum atomic E-state index is 0.309. The Kier molecular flexibility index (Phi) is 5.86. The molecule has 1 atom stereocenters. The van der Waals surface area contributed by atoms with Gasteiger partial charge in [-0.1, -0.05) is 6.07 Å². The summed E-state index contributed by atoms with van der Waals surface area (Å²) in [5, 5.41) is 8.95. The Labute approximate surface area is 122 Å². The van der Waals surface area contributed by atoms with Crippen molar-refractivity contribution in [2.24, 2.45) is 0 Å². The highest BCUT2D eigenvalue weighted by atomic mass is 16.5. The summed E-state index contributed by atoms with van der Waals surface area (Å²) in [4.78, 5) is 2.51. The van der Waals surface area contributed by atoms with Gasteiger partial charge in [0.05, 0.1) is 0 Å². The van der Waals surface area contributed by atoms with Crippen LogP contribution >= 0.6 is 0 Å². The summed E-state index contributed by atoms with van der Waals surface area (Å²) in [6.45, 7) is 7.42. The SMILES string of the molecule is Cc1cc(C)cc(OCCN2CCCC2CCCO)c1. The van der Waals surface area contributed by atoms with E-state index in [9.17, 15) is 0 Å². The molecule has 3 nitrogen and oxygen atoms in total. The summed E-state index contributed by atoms with van der Waals surface area (Å²) >= 11 is 0. The van der Waals surface area contributed by atoms with E-state index in [0.29, 0.717) is 12.6 Å². The molecule has 1 aliphatic rings. The van der Waals surface area contributed by atoms with E-state index in [1.54, 1.807) is 0 Å². The minimum Gasteiger partial charge on any atom is -0.492 e. The lowest BCUT2D eigenvalue weighted by Crippen LogP contribution is -2.33. The van der Waals surface area contributed by atoms with Crippen molar-refractivity contribution < 1.29 is 9.84 Å². The molecule has 0 amide bonds. The zero-order valence-corrected chi connectivity index (χ0v) is 12.8. The topological polar surface area (TPSA) is 32.7 Å². The van der Waals surface area contributed by atoms with E-state index in [1.807, 2.05) is 0 Å². The van der Waals surface area contributed by atoms with Gasteiger partial charge in [-0.3, -0.25) is 4.90 Å². The highest BCUT2D eigenvalue weighted by Gasteiger charge is 2.23. The van der Waals surface area contributed by atoms with E-state index in [0.717, 1.165) is 31.7 Å². The molecular formula is C17H27NO2. The largest absolute Gasteiger partial charge is 0.492 e. The fourth-order valence-corrected chi connectivity index (χ4v) is 3.14. The Balaban J connectivity index is 1.77. The predicted octanol–water partition coefficient (Wildman–Crippen LogP) is 2.92. The van der Waals surface area contributed by atoms with Crippen LogP contribution in [0, 0.1) is 13.8 Å². The summed E-state index contributed by atoms with van der Waals surface area (Å²) in [5.74, 6) is 0.980. The van der Waals surface area contributed by atoms with Gasteiger partial charge in [0, 0.05) is 19.2 Å². The first-order valence-corrected chi connectivity index (χ1v) is 7.75. The predicted molar refractivity (Wildman–Crippen MR) is 82.3 cm³/mol. The van der Waals surface area contributed by atoms with Crippen molar-refractivity contribution in [2.45, 2.75) is 45.6 Å². The maximum Gasteiger partial charge on any atom is 0.119 e. The number of hydrogen-bond acceptors (Lipinski definition) is 3. The van der Waals surface area contributed by atoms with Gasteiger partial charge in [-0.05, 0) is 69.3 Å². The van der Waals surface area contributed by atoms with Crippen LogP contribution in [0.15, 0.2) is 18.2 Å². The average molecular weight is 277 g/mol. The van der Waals surface area contributed by atoms with E-state index in [1.165, 1.54) is 30.5 Å².